The van der Waals surface area contributed by atoms with Crippen LogP contribution in [-0.2, 0) is 11.2 Å². The number of nitrogens with one attached hydrogen (secondary N) is 1. The van der Waals surface area contributed by atoms with Gasteiger partial charge in [0.1, 0.15) is 11.9 Å². The predicted molar refractivity (Wildman–Crippen MR) is 133 cm³/mol. The van der Waals surface area contributed by atoms with Crippen molar-refractivity contribution in [2.45, 2.75) is 71.4 Å². The van der Waals surface area contributed by atoms with Crippen molar-refractivity contribution in [1.29, 1.82) is 0 Å². The van der Waals surface area contributed by atoms with Crippen molar-refractivity contribution in [3.8, 4) is 11.1 Å². The maximum Gasteiger partial charge on any atom is 0.407 e. The summed E-state index contributed by atoms with van der Waals surface area (Å²) in [6.07, 6.45) is 3.57. The van der Waals surface area contributed by atoms with Gasteiger partial charge in [0.25, 0.3) is 0 Å². The molecule has 2 atom stereocenters. The highest BCUT2D eigenvalue weighted by Crippen LogP contribution is 2.45. The van der Waals surface area contributed by atoms with Crippen molar-refractivity contribution in [2.24, 2.45) is 11.3 Å². The van der Waals surface area contributed by atoms with Crippen LogP contribution < -0.4 is 5.32 Å². The van der Waals surface area contributed by atoms with Crippen molar-refractivity contribution >= 4 is 6.09 Å². The summed E-state index contributed by atoms with van der Waals surface area (Å²) in [5.74, 6) is 0.660. The number of hydrogen-bond acceptors (Lipinski definition) is 3. The van der Waals surface area contributed by atoms with Gasteiger partial charge < -0.3 is 10.1 Å². The summed E-state index contributed by atoms with van der Waals surface area (Å²) < 4.78 is 21.3. The molecule has 0 unspecified atom stereocenters. The number of carbonyl (C=O) groups excluding carboxylic acids is 1. The number of alkyl carbamates (subject to hydrolysis) is 1. The Labute approximate surface area is 202 Å². The van der Waals surface area contributed by atoms with Gasteiger partial charge in [-0.3, -0.25) is 4.90 Å². The van der Waals surface area contributed by atoms with Crippen molar-refractivity contribution < 1.29 is 13.9 Å². The topological polar surface area (TPSA) is 41.6 Å². The zero-order chi connectivity index (χ0) is 24.0. The third kappa shape index (κ3) is 4.47. The molecular formula is C29H37FN2O2. The molecule has 0 aromatic heterocycles. The van der Waals surface area contributed by atoms with Crippen molar-refractivity contribution in [2.75, 3.05) is 19.6 Å². The minimum Gasteiger partial charge on any atom is -0.445 e. The highest BCUT2D eigenvalue weighted by Gasteiger charge is 2.40. The molecule has 0 radical (unpaired) electrons. The first-order valence-electron chi connectivity index (χ1n) is 12.8. The number of nitrogens with zero attached hydrogens (tertiary/aromatic N) is 1. The fourth-order valence-corrected chi connectivity index (χ4v) is 6.02. The van der Waals surface area contributed by atoms with Crippen LogP contribution in [0, 0.1) is 17.2 Å². The van der Waals surface area contributed by atoms with Crippen molar-refractivity contribution in [1.82, 2.24) is 10.2 Å². The fourth-order valence-electron chi connectivity index (χ4n) is 6.02. The standard InChI is InChI=1S/C29H37FN2O2/c1-18(2)19-5-7-20(8-6-19)23-15-22-9-12-29(3,4)27(24(22)16-25(23)30)31-28(33)34-26-17-32-13-10-21(26)11-14-32/h5-8,15-16,18,21,26-27H,9-14,17H2,1-4H3,(H,31,33)/t26-,27+/m1/s1. The molecule has 34 heavy (non-hydrogen) atoms. The molecule has 3 aliphatic heterocycles. The SMILES string of the molecule is CC(C)c1ccc(-c2cc3c(cc2F)[C@H](NC(=O)O[C@@H]2CN4CCC2CC4)C(C)(C)CC3)cc1. The molecule has 5 heteroatoms. The molecule has 3 fully saturated rings. The van der Waals surface area contributed by atoms with Gasteiger partial charge in [0.15, 0.2) is 0 Å². The summed E-state index contributed by atoms with van der Waals surface area (Å²) in [5.41, 5.74) is 4.56. The molecule has 0 saturated carbocycles. The Bertz CT molecular complexity index is 1050. The van der Waals surface area contributed by atoms with Crippen LogP contribution in [0.5, 0.6) is 0 Å². The van der Waals surface area contributed by atoms with Crippen molar-refractivity contribution in [3.63, 3.8) is 0 Å². The van der Waals surface area contributed by atoms with E-state index < -0.39 is 0 Å². The van der Waals surface area contributed by atoms with E-state index in [1.807, 2.05) is 18.2 Å². The number of hydrogen-bond donors (Lipinski definition) is 1. The lowest BCUT2D eigenvalue weighted by molar-refractivity contribution is -0.0353. The average molecular weight is 465 g/mol. The molecular weight excluding hydrogens is 427 g/mol. The normalized spacial score (nSPS) is 27.4. The smallest absolute Gasteiger partial charge is 0.407 e. The van der Waals surface area contributed by atoms with E-state index >= 15 is 4.39 Å². The lowest BCUT2D eigenvalue weighted by Crippen LogP contribution is -2.53. The lowest BCUT2D eigenvalue weighted by atomic mass is 9.70. The van der Waals surface area contributed by atoms with Crippen LogP contribution in [0.15, 0.2) is 36.4 Å². The second kappa shape index (κ2) is 8.99. The maximum absolute atomic E-state index is 15.4. The van der Waals surface area contributed by atoms with Gasteiger partial charge in [-0.15, -0.1) is 0 Å². The number of rotatable bonds is 4. The van der Waals surface area contributed by atoms with Crippen LogP contribution >= 0.6 is 0 Å². The van der Waals surface area contributed by atoms with Crippen LogP contribution in [0.4, 0.5) is 9.18 Å². The van der Waals surface area contributed by atoms with Gasteiger partial charge in [0, 0.05) is 12.1 Å². The maximum atomic E-state index is 15.4. The van der Waals surface area contributed by atoms with Crippen LogP contribution in [-0.4, -0.2) is 36.7 Å². The molecule has 1 amide bonds. The van der Waals surface area contributed by atoms with E-state index in [4.69, 9.17) is 4.74 Å². The minimum absolute atomic E-state index is 0.0402. The largest absolute Gasteiger partial charge is 0.445 e. The Morgan fingerprint density at radius 1 is 1.15 bits per heavy atom. The molecule has 3 saturated heterocycles. The monoisotopic (exact) mass is 464 g/mol. The number of benzene rings is 2. The van der Waals surface area contributed by atoms with E-state index in [2.05, 4.69) is 50.0 Å². The molecule has 4 aliphatic rings. The molecule has 2 aromatic rings. The van der Waals surface area contributed by atoms with Gasteiger partial charge in [-0.05, 0) is 90.4 Å². The van der Waals surface area contributed by atoms with E-state index in [0.29, 0.717) is 17.4 Å². The Morgan fingerprint density at radius 3 is 2.47 bits per heavy atom. The van der Waals surface area contributed by atoms with Crippen LogP contribution in [0.3, 0.4) is 0 Å². The zero-order valence-corrected chi connectivity index (χ0v) is 20.9. The number of carbonyl (C=O) groups is 1. The van der Waals surface area contributed by atoms with Gasteiger partial charge in [-0.1, -0.05) is 52.0 Å². The molecule has 2 aromatic carbocycles. The van der Waals surface area contributed by atoms with E-state index in [9.17, 15) is 4.79 Å². The Kier molecular flexibility index (Phi) is 6.18. The third-order valence-electron chi connectivity index (χ3n) is 8.37. The van der Waals surface area contributed by atoms with Crippen LogP contribution in [0.1, 0.15) is 75.6 Å². The Balaban J connectivity index is 1.38. The molecule has 3 heterocycles. The fraction of sp³-hybridized carbons (Fsp3) is 0.552. The molecule has 182 valence electrons. The Hall–Kier alpha value is -2.40. The molecule has 1 aliphatic carbocycles. The molecule has 0 spiro atoms. The highest BCUT2D eigenvalue weighted by molar-refractivity contribution is 5.70. The van der Waals surface area contributed by atoms with Gasteiger partial charge >= 0.3 is 6.09 Å². The lowest BCUT2D eigenvalue weighted by Gasteiger charge is -2.44. The average Bonchev–Trinajstić information content (AvgIpc) is 2.82. The predicted octanol–water partition coefficient (Wildman–Crippen LogP) is 6.45. The van der Waals surface area contributed by atoms with E-state index in [-0.39, 0.29) is 29.5 Å². The Morgan fingerprint density at radius 2 is 1.85 bits per heavy atom. The third-order valence-corrected chi connectivity index (χ3v) is 8.37. The van der Waals surface area contributed by atoms with E-state index in [1.165, 1.54) is 5.56 Å². The number of piperidine rings is 3. The summed E-state index contributed by atoms with van der Waals surface area (Å²) >= 11 is 0. The zero-order valence-electron chi connectivity index (χ0n) is 20.9. The number of aryl methyl sites for hydroxylation is 1. The first-order valence-corrected chi connectivity index (χ1v) is 12.8. The van der Waals surface area contributed by atoms with Gasteiger partial charge in [0.05, 0.1) is 6.04 Å². The van der Waals surface area contributed by atoms with E-state index in [1.54, 1.807) is 6.07 Å². The second-order valence-electron chi connectivity index (χ2n) is 11.5. The first kappa shape index (κ1) is 23.3. The van der Waals surface area contributed by atoms with Gasteiger partial charge in [0.2, 0.25) is 0 Å². The second-order valence-corrected chi connectivity index (χ2v) is 11.5. The van der Waals surface area contributed by atoms with Gasteiger partial charge in [-0.25, -0.2) is 9.18 Å². The van der Waals surface area contributed by atoms with Crippen LogP contribution in [0.25, 0.3) is 11.1 Å². The number of amides is 1. The molecule has 6 rings (SSSR count). The summed E-state index contributed by atoms with van der Waals surface area (Å²) in [6, 6.07) is 11.5. The molecule has 4 nitrogen and oxygen atoms in total. The summed E-state index contributed by atoms with van der Waals surface area (Å²) in [4.78, 5) is 15.3. The van der Waals surface area contributed by atoms with Gasteiger partial charge in [-0.2, -0.15) is 0 Å². The first-order chi connectivity index (χ1) is 16.2. The summed E-state index contributed by atoms with van der Waals surface area (Å²) in [7, 11) is 0. The summed E-state index contributed by atoms with van der Waals surface area (Å²) in [5, 5.41) is 3.13. The minimum atomic E-state index is -0.376. The number of ether oxygens (including phenoxy) is 1. The quantitative estimate of drug-likeness (QED) is 0.565. The molecule has 1 N–H and O–H groups in total. The van der Waals surface area contributed by atoms with Crippen LogP contribution in [0.2, 0.25) is 0 Å². The van der Waals surface area contributed by atoms with Crippen molar-refractivity contribution in [3.05, 3.63) is 58.9 Å². The van der Waals surface area contributed by atoms with E-state index in [0.717, 1.165) is 62.0 Å². The number of halogens is 1. The highest BCUT2D eigenvalue weighted by atomic mass is 19.1. The number of fused-ring (bicyclic) bond motifs is 4. The summed E-state index contributed by atoms with van der Waals surface area (Å²) in [6.45, 7) is 11.7. The molecule has 2 bridgehead atoms.